The second kappa shape index (κ2) is 13.1. The zero-order valence-corrected chi connectivity index (χ0v) is 17.6. The molecule has 3 aromatic rings. The van der Waals surface area contributed by atoms with Gasteiger partial charge in [-0.3, -0.25) is 13.6 Å². The molecule has 3 rings (SSSR count). The molecule has 0 radical (unpaired) electrons. The molecule has 0 aliphatic carbocycles. The summed E-state index contributed by atoms with van der Waals surface area (Å²) in [6.45, 7) is -1.04. The van der Waals surface area contributed by atoms with E-state index in [1.54, 1.807) is 6.07 Å². The van der Waals surface area contributed by atoms with Crippen molar-refractivity contribution in [2.75, 3.05) is 26.5 Å². The summed E-state index contributed by atoms with van der Waals surface area (Å²) >= 11 is 0.824. The Kier molecular flexibility index (Phi) is 10.8. The van der Waals surface area contributed by atoms with Crippen LogP contribution >= 0.6 is 11.3 Å². The molecule has 0 saturated carbocycles. The molecule has 0 atom stereocenters. The highest BCUT2D eigenvalue weighted by Crippen LogP contribution is 2.30. The van der Waals surface area contributed by atoms with Gasteiger partial charge in [-0.25, -0.2) is 18.0 Å². The van der Waals surface area contributed by atoms with Crippen molar-refractivity contribution in [2.24, 2.45) is 0 Å². The van der Waals surface area contributed by atoms with Crippen LogP contribution in [0, 0.1) is 11.6 Å². The molecule has 0 fully saturated rings. The van der Waals surface area contributed by atoms with Crippen LogP contribution < -0.4 is 10.1 Å². The number of carbonyl (C=O) groups is 2. The Hall–Kier alpha value is -3.47. The number of carboxylic acids is 1. The second-order valence-corrected chi connectivity index (χ2v) is 6.43. The van der Waals surface area contributed by atoms with Crippen LogP contribution in [0.2, 0.25) is 0 Å². The number of benzene rings is 2. The zero-order chi connectivity index (χ0) is 24.3. The minimum Gasteiger partial charge on any atom is -0.477 e. The maximum absolute atomic E-state index is 14.4. The standard InChI is InChI=1S/C19H12F3NO4S.2CH3F/c20-9-27-12-3-1-2-10(6-12)11-7-14(21)16(15(22)8-11)23-18(24)13-4-5-28-17(13)19(25)26;2*1-2/h1-8H,9H2,(H,23,24)(H,25,26);2*1H3. The third-order valence-corrected chi connectivity index (χ3v) is 4.68. The van der Waals surface area contributed by atoms with Gasteiger partial charge in [-0.05, 0) is 46.8 Å². The average Bonchev–Trinajstić information content (AvgIpc) is 3.30. The number of alkyl halides is 3. The van der Waals surface area contributed by atoms with Gasteiger partial charge in [-0.2, -0.15) is 0 Å². The number of carboxylic acid groups (broad SMARTS) is 1. The topological polar surface area (TPSA) is 75.6 Å². The van der Waals surface area contributed by atoms with E-state index >= 15 is 0 Å². The maximum atomic E-state index is 14.4. The number of anilines is 1. The molecule has 1 aromatic heterocycles. The summed E-state index contributed by atoms with van der Waals surface area (Å²) < 4.78 is 64.9. The summed E-state index contributed by atoms with van der Waals surface area (Å²) in [5.41, 5.74) is -0.365. The predicted molar refractivity (Wildman–Crippen MR) is 112 cm³/mol. The Labute approximate surface area is 184 Å². The molecule has 2 aromatic carbocycles. The molecule has 0 unspecified atom stereocenters. The Morgan fingerprint density at radius 2 is 1.62 bits per heavy atom. The molecule has 1 amide bonds. The van der Waals surface area contributed by atoms with E-state index in [1.807, 2.05) is 0 Å². The summed E-state index contributed by atoms with van der Waals surface area (Å²) in [6, 6.07) is 9.25. The minimum absolute atomic E-state index is 0.152. The fraction of sp³-hybridized carbons (Fsp3) is 0.143. The normalized spacial score (nSPS) is 9.59. The second-order valence-electron chi connectivity index (χ2n) is 5.52. The van der Waals surface area contributed by atoms with Crippen molar-refractivity contribution in [3.63, 3.8) is 0 Å². The number of halogens is 5. The SMILES string of the molecule is CF.CF.O=C(Nc1c(F)cc(-c2cccc(OCF)c2)cc1F)c1ccsc1C(=O)O. The molecule has 32 heavy (non-hydrogen) atoms. The number of aromatic carboxylic acids is 1. The van der Waals surface area contributed by atoms with Crippen LogP contribution in [0.4, 0.5) is 27.6 Å². The third-order valence-electron chi connectivity index (χ3n) is 3.77. The van der Waals surface area contributed by atoms with Gasteiger partial charge in [0.15, 0.2) is 0 Å². The van der Waals surface area contributed by atoms with E-state index < -0.39 is 36.1 Å². The Balaban J connectivity index is 0.00000121. The number of thiophene rings is 1. The van der Waals surface area contributed by atoms with Gasteiger partial charge in [-0.15, -0.1) is 11.3 Å². The van der Waals surface area contributed by atoms with E-state index in [0.717, 1.165) is 23.5 Å². The van der Waals surface area contributed by atoms with Crippen molar-refractivity contribution in [2.45, 2.75) is 0 Å². The van der Waals surface area contributed by atoms with Crippen molar-refractivity contribution < 1.29 is 41.4 Å². The average molecular weight is 475 g/mol. The number of ether oxygens (including phenoxy) is 1. The first-order valence-electron chi connectivity index (χ1n) is 8.56. The lowest BCUT2D eigenvalue weighted by molar-refractivity contribution is 0.0698. The van der Waals surface area contributed by atoms with Crippen LogP contribution in [-0.2, 0) is 0 Å². The van der Waals surface area contributed by atoms with Gasteiger partial charge in [0.1, 0.15) is 27.9 Å². The van der Waals surface area contributed by atoms with Gasteiger partial charge in [0.05, 0.1) is 19.9 Å². The third kappa shape index (κ3) is 6.51. The fourth-order valence-electron chi connectivity index (χ4n) is 2.52. The van der Waals surface area contributed by atoms with E-state index in [1.165, 1.54) is 29.6 Å². The first-order valence-corrected chi connectivity index (χ1v) is 9.44. The lowest BCUT2D eigenvalue weighted by Crippen LogP contribution is -2.16. The van der Waals surface area contributed by atoms with Gasteiger partial charge in [-0.1, -0.05) is 12.1 Å². The number of hydrogen-bond donors (Lipinski definition) is 2. The van der Waals surface area contributed by atoms with Crippen molar-refractivity contribution in [3.05, 3.63) is 69.9 Å². The van der Waals surface area contributed by atoms with Crippen LogP contribution in [0.25, 0.3) is 11.1 Å². The van der Waals surface area contributed by atoms with E-state index in [2.05, 4.69) is 5.32 Å². The van der Waals surface area contributed by atoms with Gasteiger partial charge in [0, 0.05) is 0 Å². The highest BCUT2D eigenvalue weighted by molar-refractivity contribution is 7.12. The molecule has 2 N–H and O–H groups in total. The Morgan fingerprint density at radius 3 is 2.19 bits per heavy atom. The van der Waals surface area contributed by atoms with Crippen molar-refractivity contribution in [1.29, 1.82) is 0 Å². The molecule has 1 heterocycles. The monoisotopic (exact) mass is 475 g/mol. The van der Waals surface area contributed by atoms with Crippen LogP contribution in [-0.4, -0.2) is 38.2 Å². The highest BCUT2D eigenvalue weighted by Gasteiger charge is 2.21. The maximum Gasteiger partial charge on any atom is 0.346 e. The Bertz CT molecular complexity index is 1040. The van der Waals surface area contributed by atoms with Crippen molar-refractivity contribution in [3.8, 4) is 16.9 Å². The van der Waals surface area contributed by atoms with E-state index in [9.17, 15) is 31.5 Å². The summed E-state index contributed by atoms with van der Waals surface area (Å²) in [4.78, 5) is 23.1. The quantitative estimate of drug-likeness (QED) is 0.421. The molecule has 0 spiro atoms. The highest BCUT2D eigenvalue weighted by atomic mass is 32.1. The first-order chi connectivity index (χ1) is 15.4. The van der Waals surface area contributed by atoms with Gasteiger partial charge >= 0.3 is 5.97 Å². The largest absolute Gasteiger partial charge is 0.477 e. The lowest BCUT2D eigenvalue weighted by Gasteiger charge is -2.11. The molecule has 0 bridgehead atoms. The number of hydrogen-bond acceptors (Lipinski definition) is 4. The van der Waals surface area contributed by atoms with Gasteiger partial charge < -0.3 is 15.2 Å². The number of carbonyl (C=O) groups excluding carboxylic acids is 1. The first kappa shape index (κ1) is 26.6. The predicted octanol–water partition coefficient (Wildman–Crippen LogP) is 6.12. The summed E-state index contributed by atoms with van der Waals surface area (Å²) in [7, 11) is 1.00. The van der Waals surface area contributed by atoms with Crippen LogP contribution in [0.3, 0.4) is 0 Å². The summed E-state index contributed by atoms with van der Waals surface area (Å²) in [5, 5.41) is 12.5. The van der Waals surface area contributed by atoms with Crippen molar-refractivity contribution >= 4 is 28.9 Å². The lowest BCUT2D eigenvalue weighted by atomic mass is 10.0. The van der Waals surface area contributed by atoms with Crippen LogP contribution in [0.5, 0.6) is 5.75 Å². The molecule has 5 nitrogen and oxygen atoms in total. The van der Waals surface area contributed by atoms with E-state index in [-0.39, 0.29) is 21.8 Å². The smallest absolute Gasteiger partial charge is 0.346 e. The number of nitrogens with one attached hydrogen (secondary N) is 1. The van der Waals surface area contributed by atoms with Gasteiger partial charge in [0.2, 0.25) is 6.86 Å². The molecule has 172 valence electrons. The minimum atomic E-state index is -1.31. The molecule has 0 aliphatic rings. The molecular weight excluding hydrogens is 457 g/mol. The molecule has 11 heteroatoms. The van der Waals surface area contributed by atoms with E-state index in [0.29, 0.717) is 19.9 Å². The Morgan fingerprint density at radius 1 is 1.00 bits per heavy atom. The summed E-state index contributed by atoms with van der Waals surface area (Å²) in [6.07, 6.45) is 0. The van der Waals surface area contributed by atoms with Crippen LogP contribution in [0.15, 0.2) is 47.8 Å². The number of amides is 1. The van der Waals surface area contributed by atoms with Crippen molar-refractivity contribution in [1.82, 2.24) is 0 Å². The molecular formula is C21H18F5NO4S. The molecule has 0 saturated heterocycles. The van der Waals surface area contributed by atoms with Gasteiger partial charge in [0.25, 0.3) is 5.91 Å². The zero-order valence-electron chi connectivity index (χ0n) is 16.8. The van der Waals surface area contributed by atoms with Crippen LogP contribution in [0.1, 0.15) is 20.0 Å². The summed E-state index contributed by atoms with van der Waals surface area (Å²) in [5.74, 6) is -4.16. The fourth-order valence-corrected chi connectivity index (χ4v) is 3.25. The number of rotatable bonds is 6. The molecule has 0 aliphatic heterocycles. The van der Waals surface area contributed by atoms with E-state index in [4.69, 9.17) is 9.84 Å².